The van der Waals surface area contributed by atoms with Gasteiger partial charge in [-0.25, -0.2) is 29.1 Å². The number of guanidine groups is 1. The van der Waals surface area contributed by atoms with Crippen molar-refractivity contribution in [3.63, 3.8) is 0 Å². The molecule has 10 heteroatoms. The lowest BCUT2D eigenvalue weighted by molar-refractivity contribution is -0.115. The van der Waals surface area contributed by atoms with E-state index in [0.29, 0.717) is 11.3 Å². The summed E-state index contributed by atoms with van der Waals surface area (Å²) in [6.07, 6.45) is 3.08. The molecule has 4 rings (SSSR count). The number of rotatable bonds is 4. The lowest BCUT2D eigenvalue weighted by atomic mass is 10.1. The predicted molar refractivity (Wildman–Crippen MR) is 132 cm³/mol. The van der Waals surface area contributed by atoms with Gasteiger partial charge >= 0.3 is 0 Å². The Labute approximate surface area is 203 Å². The number of hydrogen-bond donors (Lipinski definition) is 1. The Morgan fingerprint density at radius 3 is 2.43 bits per heavy atom. The summed E-state index contributed by atoms with van der Waals surface area (Å²) < 4.78 is 35.1. The number of halogens is 2. The molecule has 1 aromatic heterocycles. The summed E-state index contributed by atoms with van der Waals surface area (Å²) in [5.41, 5.74) is 6.30. The van der Waals surface area contributed by atoms with E-state index in [9.17, 15) is 13.6 Å². The van der Waals surface area contributed by atoms with Gasteiger partial charge in [-0.3, -0.25) is 9.80 Å². The molecule has 35 heavy (non-hydrogen) atoms. The number of aliphatic imine (C=N–C) groups is 1. The van der Waals surface area contributed by atoms with Gasteiger partial charge in [0.2, 0.25) is 11.9 Å². The molecule has 0 saturated heterocycles. The maximum Gasteiger partial charge on any atom is 0.230 e. The summed E-state index contributed by atoms with van der Waals surface area (Å²) >= 11 is 0. The largest absolute Gasteiger partial charge is 0.495 e. The highest BCUT2D eigenvalue weighted by Crippen LogP contribution is 2.31. The molecule has 2 aromatic carbocycles. The maximum atomic E-state index is 14.0. The van der Waals surface area contributed by atoms with Crippen LogP contribution in [0.15, 0.2) is 47.8 Å². The standard InChI is InChI=1S/C23H24F2N6O2.C2H6/c1-13-8-17(24)18(25)10-20(13)31(15(3)32)23-27-22(28-29(23)4)16-6-7-19(21(9-16)33-5)30-11-14(2)26-12-30;1-2/h6-12,22,28H,1-5H3;1-2H3. The molecular weight excluding hydrogens is 454 g/mol. The van der Waals surface area contributed by atoms with Crippen LogP contribution < -0.4 is 15.1 Å². The highest BCUT2D eigenvalue weighted by molar-refractivity contribution is 6.16. The van der Waals surface area contributed by atoms with E-state index < -0.39 is 17.8 Å². The Kier molecular flexibility index (Phi) is 7.85. The fourth-order valence-electron chi connectivity index (χ4n) is 3.75. The van der Waals surface area contributed by atoms with Crippen molar-refractivity contribution in [3.05, 3.63) is 71.3 Å². The van der Waals surface area contributed by atoms with Crippen molar-refractivity contribution in [2.24, 2.45) is 4.99 Å². The first kappa shape index (κ1) is 25.8. The van der Waals surface area contributed by atoms with Gasteiger partial charge in [0.05, 0.1) is 30.5 Å². The van der Waals surface area contributed by atoms with E-state index in [1.165, 1.54) is 11.8 Å². The molecule has 3 aromatic rings. The zero-order chi connectivity index (χ0) is 25.9. The number of amides is 1. The van der Waals surface area contributed by atoms with E-state index in [0.717, 1.165) is 29.1 Å². The average molecular weight is 485 g/mol. The van der Waals surface area contributed by atoms with Crippen molar-refractivity contribution in [3.8, 4) is 11.4 Å². The van der Waals surface area contributed by atoms with Crippen LogP contribution in [0, 0.1) is 25.5 Å². The van der Waals surface area contributed by atoms with Crippen LogP contribution in [-0.4, -0.2) is 40.6 Å². The van der Waals surface area contributed by atoms with Crippen LogP contribution in [0.5, 0.6) is 5.75 Å². The monoisotopic (exact) mass is 484 g/mol. The molecule has 0 aliphatic carbocycles. The lowest BCUT2D eigenvalue weighted by Crippen LogP contribution is -2.46. The maximum absolute atomic E-state index is 14.0. The van der Waals surface area contributed by atoms with Crippen molar-refractivity contribution in [1.29, 1.82) is 0 Å². The topological polar surface area (TPSA) is 75.0 Å². The molecule has 0 radical (unpaired) electrons. The number of imidazole rings is 1. The molecule has 1 N–H and O–H groups in total. The van der Waals surface area contributed by atoms with Gasteiger partial charge in [0.15, 0.2) is 11.6 Å². The van der Waals surface area contributed by atoms with E-state index in [2.05, 4.69) is 15.4 Å². The van der Waals surface area contributed by atoms with E-state index in [1.807, 2.05) is 49.7 Å². The fraction of sp³-hybridized carbons (Fsp3) is 0.320. The molecule has 0 saturated carbocycles. The van der Waals surface area contributed by atoms with E-state index in [1.54, 1.807) is 32.4 Å². The van der Waals surface area contributed by atoms with Crippen molar-refractivity contribution < 1.29 is 18.3 Å². The minimum atomic E-state index is -1.04. The number of carbonyl (C=O) groups excluding carboxylic acids is 1. The Bertz CT molecular complexity index is 1260. The van der Waals surface area contributed by atoms with E-state index in [4.69, 9.17) is 4.74 Å². The molecular formula is C25H30F2N6O2. The molecule has 2 heterocycles. The third kappa shape index (κ3) is 5.17. The van der Waals surface area contributed by atoms with Crippen molar-refractivity contribution >= 4 is 17.6 Å². The van der Waals surface area contributed by atoms with Gasteiger partial charge in [-0.2, -0.15) is 0 Å². The van der Waals surface area contributed by atoms with Crippen LogP contribution in [0.1, 0.15) is 43.8 Å². The SMILES string of the molecule is CC.COc1cc(C2N=C(N(C(C)=O)c3cc(F)c(F)cc3C)N(C)N2)ccc1-n1cnc(C)c1. The van der Waals surface area contributed by atoms with Crippen LogP contribution >= 0.6 is 0 Å². The third-order valence-corrected chi connectivity index (χ3v) is 5.36. The molecule has 0 spiro atoms. The number of nitrogens with zero attached hydrogens (tertiary/aromatic N) is 5. The number of carbonyl (C=O) groups is 1. The highest BCUT2D eigenvalue weighted by atomic mass is 19.2. The van der Waals surface area contributed by atoms with Gasteiger partial charge in [0, 0.05) is 26.2 Å². The molecule has 1 aliphatic heterocycles. The molecule has 1 unspecified atom stereocenters. The second-order valence-corrected chi connectivity index (χ2v) is 7.78. The summed E-state index contributed by atoms with van der Waals surface area (Å²) in [4.78, 5) is 22.7. The Hall–Kier alpha value is -3.79. The number of hydrazine groups is 1. The van der Waals surface area contributed by atoms with Gasteiger partial charge in [-0.05, 0) is 43.2 Å². The highest BCUT2D eigenvalue weighted by Gasteiger charge is 2.32. The molecule has 0 fully saturated rings. The number of anilines is 1. The van der Waals surface area contributed by atoms with Gasteiger partial charge in [0.25, 0.3) is 0 Å². The van der Waals surface area contributed by atoms with Crippen LogP contribution in [0.25, 0.3) is 5.69 Å². The first-order valence-electron chi connectivity index (χ1n) is 11.2. The summed E-state index contributed by atoms with van der Waals surface area (Å²) in [6, 6.07) is 7.70. The number of ether oxygens (including phenoxy) is 1. The van der Waals surface area contributed by atoms with Crippen molar-refractivity contribution in [1.82, 2.24) is 20.0 Å². The van der Waals surface area contributed by atoms with Crippen molar-refractivity contribution in [2.45, 2.75) is 40.8 Å². The van der Waals surface area contributed by atoms with E-state index in [-0.39, 0.29) is 17.6 Å². The molecule has 8 nitrogen and oxygen atoms in total. The Balaban J connectivity index is 0.00000167. The second kappa shape index (κ2) is 10.6. The number of aromatic nitrogens is 2. The number of benzene rings is 2. The zero-order valence-corrected chi connectivity index (χ0v) is 20.9. The molecule has 1 aliphatic rings. The number of hydrogen-bond acceptors (Lipinski definition) is 6. The Morgan fingerprint density at radius 2 is 1.83 bits per heavy atom. The van der Waals surface area contributed by atoms with Crippen LogP contribution in [-0.2, 0) is 4.79 Å². The van der Waals surface area contributed by atoms with Crippen LogP contribution in [0.3, 0.4) is 0 Å². The molecule has 1 atom stereocenters. The summed E-state index contributed by atoms with van der Waals surface area (Å²) in [7, 11) is 3.28. The van der Waals surface area contributed by atoms with Gasteiger partial charge in [-0.1, -0.05) is 19.9 Å². The predicted octanol–water partition coefficient (Wildman–Crippen LogP) is 4.66. The van der Waals surface area contributed by atoms with Gasteiger partial charge in [0.1, 0.15) is 11.9 Å². The molecule has 186 valence electrons. The molecule has 0 bridgehead atoms. The minimum absolute atomic E-state index is 0.220. The minimum Gasteiger partial charge on any atom is -0.495 e. The number of nitrogens with one attached hydrogen (secondary N) is 1. The second-order valence-electron chi connectivity index (χ2n) is 7.78. The first-order valence-corrected chi connectivity index (χ1v) is 11.2. The van der Waals surface area contributed by atoms with E-state index >= 15 is 0 Å². The zero-order valence-electron chi connectivity index (χ0n) is 20.9. The quantitative estimate of drug-likeness (QED) is 0.583. The van der Waals surface area contributed by atoms with Crippen LogP contribution in [0.4, 0.5) is 14.5 Å². The average Bonchev–Trinajstić information content (AvgIpc) is 3.44. The summed E-state index contributed by atoms with van der Waals surface area (Å²) in [6.45, 7) is 8.85. The summed E-state index contributed by atoms with van der Waals surface area (Å²) in [5, 5.41) is 1.58. The fourth-order valence-corrected chi connectivity index (χ4v) is 3.75. The summed E-state index contributed by atoms with van der Waals surface area (Å²) in [5.74, 6) is -1.52. The normalized spacial score (nSPS) is 14.8. The molecule has 1 amide bonds. The van der Waals surface area contributed by atoms with Gasteiger partial charge < -0.3 is 9.30 Å². The van der Waals surface area contributed by atoms with Gasteiger partial charge in [-0.15, -0.1) is 0 Å². The lowest BCUT2D eigenvalue weighted by Gasteiger charge is -2.27. The Morgan fingerprint density at radius 1 is 1.14 bits per heavy atom. The van der Waals surface area contributed by atoms with Crippen molar-refractivity contribution in [2.75, 3.05) is 19.1 Å². The third-order valence-electron chi connectivity index (χ3n) is 5.36. The number of methoxy groups -OCH3 is 1. The van der Waals surface area contributed by atoms with Crippen LogP contribution in [0.2, 0.25) is 0 Å². The first-order chi connectivity index (χ1) is 16.7. The smallest absolute Gasteiger partial charge is 0.230 e. The number of aryl methyl sites for hydroxylation is 2.